The summed E-state index contributed by atoms with van der Waals surface area (Å²) in [5.74, 6) is -1.17. The third-order valence-electron chi connectivity index (χ3n) is 2.98. The number of amides is 1. The van der Waals surface area contributed by atoms with E-state index in [1.54, 1.807) is 0 Å². The maximum Gasteiger partial charge on any atom is 0.352 e. The van der Waals surface area contributed by atoms with Crippen LogP contribution in [0.1, 0.15) is 36.6 Å². The fourth-order valence-corrected chi connectivity index (χ4v) is 2.02. The van der Waals surface area contributed by atoms with Crippen LogP contribution in [0.5, 0.6) is 0 Å². The highest BCUT2D eigenvalue weighted by molar-refractivity contribution is 5.99. The van der Waals surface area contributed by atoms with Gasteiger partial charge in [0.05, 0.1) is 12.7 Å². The van der Waals surface area contributed by atoms with Gasteiger partial charge in [0.1, 0.15) is 12.0 Å². The highest BCUT2D eigenvalue weighted by atomic mass is 16.5. The molecule has 21 heavy (non-hydrogen) atoms. The lowest BCUT2D eigenvalue weighted by Gasteiger charge is -2.15. The van der Waals surface area contributed by atoms with Crippen molar-refractivity contribution in [2.24, 2.45) is 0 Å². The minimum atomic E-state index is -1.12. The minimum Gasteiger partial charge on any atom is -0.477 e. The molecule has 0 unspecified atom stereocenters. The zero-order valence-corrected chi connectivity index (χ0v) is 12.0. The number of aliphatic carboxylic acids is 1. The van der Waals surface area contributed by atoms with Crippen LogP contribution in [0.3, 0.4) is 0 Å². The van der Waals surface area contributed by atoms with Crippen LogP contribution in [0.2, 0.25) is 0 Å². The molecule has 0 saturated carbocycles. The predicted octanol–water partition coefficient (Wildman–Crippen LogP) is 1.46. The first kappa shape index (κ1) is 15.2. The zero-order valence-electron chi connectivity index (χ0n) is 12.0. The van der Waals surface area contributed by atoms with Crippen molar-refractivity contribution in [2.75, 3.05) is 13.2 Å². The second-order valence-corrected chi connectivity index (χ2v) is 4.94. The lowest BCUT2D eigenvalue weighted by Crippen LogP contribution is -2.31. The molecule has 1 N–H and O–H groups in total. The van der Waals surface area contributed by atoms with Crippen molar-refractivity contribution in [2.45, 2.75) is 32.8 Å². The van der Waals surface area contributed by atoms with Gasteiger partial charge >= 0.3 is 5.97 Å². The van der Waals surface area contributed by atoms with E-state index in [9.17, 15) is 9.59 Å². The van der Waals surface area contributed by atoms with Crippen molar-refractivity contribution in [3.05, 3.63) is 29.6 Å². The van der Waals surface area contributed by atoms with E-state index in [1.807, 2.05) is 13.8 Å². The lowest BCUT2D eigenvalue weighted by atomic mass is 10.3. The van der Waals surface area contributed by atoms with Crippen LogP contribution in [-0.2, 0) is 16.0 Å². The average Bonchev–Trinajstić information content (AvgIpc) is 3.06. The third-order valence-corrected chi connectivity index (χ3v) is 2.98. The van der Waals surface area contributed by atoms with Crippen LogP contribution in [-0.4, -0.2) is 46.1 Å². The Bertz CT molecular complexity index is 561. The van der Waals surface area contributed by atoms with Crippen molar-refractivity contribution in [1.29, 1.82) is 0 Å². The van der Waals surface area contributed by atoms with Crippen molar-refractivity contribution in [1.82, 2.24) is 9.88 Å². The Kier molecular flexibility index (Phi) is 4.74. The van der Waals surface area contributed by atoms with Gasteiger partial charge < -0.3 is 19.2 Å². The van der Waals surface area contributed by atoms with Crippen molar-refractivity contribution in [3.8, 4) is 0 Å². The fraction of sp³-hybridized carbons (Fsp3) is 0.500. The Morgan fingerprint density at radius 1 is 1.52 bits per heavy atom. The molecule has 2 heterocycles. The van der Waals surface area contributed by atoms with E-state index in [-0.39, 0.29) is 17.5 Å². The monoisotopic (exact) mass is 294 g/mol. The zero-order chi connectivity index (χ0) is 15.4. The molecule has 1 aromatic heterocycles. The smallest absolute Gasteiger partial charge is 0.352 e. The van der Waals surface area contributed by atoms with Crippen molar-refractivity contribution < 1.29 is 23.8 Å². The van der Waals surface area contributed by atoms with Gasteiger partial charge in [-0.15, -0.1) is 0 Å². The first-order valence-corrected chi connectivity index (χ1v) is 6.80. The molecule has 7 nitrogen and oxygen atoms in total. The Balaban J connectivity index is 1.99. The molecular weight excluding hydrogens is 276 g/mol. The summed E-state index contributed by atoms with van der Waals surface area (Å²) in [5.41, 5.74) is 0.108. The summed E-state index contributed by atoms with van der Waals surface area (Å²) in [4.78, 5) is 28.6. The van der Waals surface area contributed by atoms with Crippen LogP contribution in [0.4, 0.5) is 0 Å². The first-order chi connectivity index (χ1) is 9.99. The van der Waals surface area contributed by atoms with E-state index in [0.717, 1.165) is 0 Å². The number of oxazole rings is 1. The van der Waals surface area contributed by atoms with Crippen molar-refractivity contribution >= 4 is 11.9 Å². The summed E-state index contributed by atoms with van der Waals surface area (Å²) in [6.45, 7) is 4.66. The van der Waals surface area contributed by atoms with Gasteiger partial charge in [-0.3, -0.25) is 4.79 Å². The lowest BCUT2D eigenvalue weighted by molar-refractivity contribution is -0.134. The molecule has 0 atom stereocenters. The number of rotatable bonds is 6. The molecule has 1 amide bonds. The Morgan fingerprint density at radius 2 is 2.29 bits per heavy atom. The fourth-order valence-electron chi connectivity index (χ4n) is 2.02. The Hall–Kier alpha value is -2.15. The Labute approximate surface area is 122 Å². The maximum atomic E-state index is 12.2. The van der Waals surface area contributed by atoms with Gasteiger partial charge in [0.15, 0.2) is 11.6 Å². The summed E-state index contributed by atoms with van der Waals surface area (Å²) in [7, 11) is 0. The summed E-state index contributed by atoms with van der Waals surface area (Å²) in [6.07, 6.45) is 3.89. The summed E-state index contributed by atoms with van der Waals surface area (Å²) < 4.78 is 10.6. The highest BCUT2D eigenvalue weighted by Gasteiger charge is 2.29. The topological polar surface area (TPSA) is 92.9 Å². The van der Waals surface area contributed by atoms with E-state index in [1.165, 1.54) is 17.2 Å². The number of carbonyl (C=O) groups is 2. The summed E-state index contributed by atoms with van der Waals surface area (Å²) in [6, 6.07) is 0. The molecule has 1 aliphatic rings. The molecule has 0 radical (unpaired) electrons. The quantitative estimate of drug-likeness (QED) is 0.853. The SMILES string of the molecule is CC(C)OCCc1nc(C(=O)N2CCC=C2C(=O)O)co1. The standard InChI is InChI=1S/C14H18N2O5/c1-9(2)20-7-5-12-15-10(8-21-12)13(17)16-6-3-4-11(16)14(18)19/h4,8-9H,3,5-7H2,1-2H3,(H,18,19). The molecule has 0 spiro atoms. The van der Waals surface area contributed by atoms with Crippen molar-refractivity contribution in [3.63, 3.8) is 0 Å². The second kappa shape index (κ2) is 6.53. The molecule has 7 heteroatoms. The van der Waals surface area contributed by atoms with Gasteiger partial charge in [-0.25, -0.2) is 9.78 Å². The number of aromatic nitrogens is 1. The van der Waals surface area contributed by atoms with Crippen LogP contribution in [0.15, 0.2) is 22.5 Å². The van der Waals surface area contributed by atoms with E-state index < -0.39 is 11.9 Å². The molecule has 0 saturated heterocycles. The molecule has 1 aliphatic heterocycles. The number of hydrogen-bond acceptors (Lipinski definition) is 5. The minimum absolute atomic E-state index is 0.00677. The summed E-state index contributed by atoms with van der Waals surface area (Å²) >= 11 is 0. The molecule has 2 rings (SSSR count). The molecule has 114 valence electrons. The Morgan fingerprint density at radius 3 is 2.95 bits per heavy atom. The first-order valence-electron chi connectivity index (χ1n) is 6.80. The van der Waals surface area contributed by atoms with E-state index in [4.69, 9.17) is 14.3 Å². The number of carbonyl (C=O) groups excluding carboxylic acids is 1. The highest BCUT2D eigenvalue weighted by Crippen LogP contribution is 2.18. The molecule has 0 fully saturated rings. The van der Waals surface area contributed by atoms with E-state index in [2.05, 4.69) is 4.98 Å². The number of nitrogens with zero attached hydrogens (tertiary/aromatic N) is 2. The van der Waals surface area contributed by atoms with Gasteiger partial charge in [0.25, 0.3) is 5.91 Å². The normalized spacial score (nSPS) is 14.6. The number of hydrogen-bond donors (Lipinski definition) is 1. The third kappa shape index (κ3) is 3.69. The van der Waals surface area contributed by atoms with Crippen LogP contribution in [0.25, 0.3) is 0 Å². The van der Waals surface area contributed by atoms with Gasteiger partial charge in [-0.1, -0.05) is 6.08 Å². The van der Waals surface area contributed by atoms with Crippen LogP contribution >= 0.6 is 0 Å². The summed E-state index contributed by atoms with van der Waals surface area (Å²) in [5, 5.41) is 9.03. The van der Waals surface area contributed by atoms with Gasteiger partial charge in [0.2, 0.25) is 0 Å². The van der Waals surface area contributed by atoms with Gasteiger partial charge in [-0.2, -0.15) is 0 Å². The molecule has 0 aromatic carbocycles. The molecular formula is C14H18N2O5. The largest absolute Gasteiger partial charge is 0.477 e. The number of carboxylic acids is 1. The maximum absolute atomic E-state index is 12.2. The molecule has 0 aliphatic carbocycles. The van der Waals surface area contributed by atoms with Crippen LogP contribution < -0.4 is 0 Å². The average molecular weight is 294 g/mol. The van der Waals surface area contributed by atoms with Crippen LogP contribution in [0, 0.1) is 0 Å². The van der Waals surface area contributed by atoms with Gasteiger partial charge in [0, 0.05) is 13.0 Å². The van der Waals surface area contributed by atoms with E-state index in [0.29, 0.717) is 31.9 Å². The number of ether oxygens (including phenoxy) is 1. The molecule has 1 aromatic rings. The molecule has 0 bridgehead atoms. The number of carboxylic acid groups (broad SMARTS) is 1. The second-order valence-electron chi connectivity index (χ2n) is 4.94. The van der Waals surface area contributed by atoms with Gasteiger partial charge in [-0.05, 0) is 20.3 Å². The van der Waals surface area contributed by atoms with E-state index >= 15 is 0 Å². The predicted molar refractivity (Wildman–Crippen MR) is 72.7 cm³/mol.